The van der Waals surface area contributed by atoms with E-state index in [-0.39, 0.29) is 5.91 Å². The molecule has 3 rings (SSSR count). The van der Waals surface area contributed by atoms with Crippen molar-refractivity contribution >= 4 is 5.91 Å². The Kier molecular flexibility index (Phi) is 4.53. The number of carbonyl (C=O) groups excluding carboxylic acids is 1. The van der Waals surface area contributed by atoms with Gasteiger partial charge in [-0.2, -0.15) is 5.10 Å². The Morgan fingerprint density at radius 3 is 2.68 bits per heavy atom. The smallest absolute Gasteiger partial charge is 0.253 e. The highest BCUT2D eigenvalue weighted by atomic mass is 16.2. The van der Waals surface area contributed by atoms with E-state index in [1.54, 1.807) is 6.20 Å². The lowest BCUT2D eigenvalue weighted by atomic mass is 10.1. The van der Waals surface area contributed by atoms with Gasteiger partial charge in [0.15, 0.2) is 0 Å². The van der Waals surface area contributed by atoms with Crippen molar-refractivity contribution < 1.29 is 4.79 Å². The van der Waals surface area contributed by atoms with Crippen LogP contribution < -0.4 is 0 Å². The summed E-state index contributed by atoms with van der Waals surface area (Å²) in [5.74, 6) is 0.140. The second-order valence-electron chi connectivity index (χ2n) is 5.85. The molecule has 5 heteroatoms. The second kappa shape index (κ2) is 6.75. The Labute approximate surface area is 131 Å². The van der Waals surface area contributed by atoms with Crippen LogP contribution in [0.15, 0.2) is 42.7 Å². The van der Waals surface area contributed by atoms with Crippen LogP contribution in [0.4, 0.5) is 0 Å². The summed E-state index contributed by atoms with van der Waals surface area (Å²) in [6, 6.07) is 9.79. The molecule has 1 amide bonds. The van der Waals surface area contributed by atoms with Crippen LogP contribution in [0.25, 0.3) is 0 Å². The van der Waals surface area contributed by atoms with Gasteiger partial charge in [-0.1, -0.05) is 12.1 Å². The van der Waals surface area contributed by atoms with Crippen LogP contribution >= 0.6 is 0 Å². The molecule has 22 heavy (non-hydrogen) atoms. The largest absolute Gasteiger partial charge is 0.337 e. The van der Waals surface area contributed by atoms with Gasteiger partial charge in [0.1, 0.15) is 0 Å². The fourth-order valence-corrected chi connectivity index (χ4v) is 2.77. The van der Waals surface area contributed by atoms with Gasteiger partial charge in [0.2, 0.25) is 0 Å². The van der Waals surface area contributed by atoms with E-state index in [2.05, 4.69) is 17.0 Å². The first-order chi connectivity index (χ1) is 10.7. The van der Waals surface area contributed by atoms with Gasteiger partial charge in [0, 0.05) is 37.6 Å². The number of benzene rings is 1. The van der Waals surface area contributed by atoms with E-state index in [1.807, 2.05) is 46.1 Å². The molecular weight excluding hydrogens is 276 g/mol. The topological polar surface area (TPSA) is 41.4 Å². The lowest BCUT2D eigenvalue weighted by Gasteiger charge is -2.20. The van der Waals surface area contributed by atoms with Crippen molar-refractivity contribution in [1.29, 1.82) is 0 Å². The molecule has 1 aromatic carbocycles. The molecule has 116 valence electrons. The molecule has 5 nitrogen and oxygen atoms in total. The first-order valence-corrected chi connectivity index (χ1v) is 7.76. The third-order valence-electron chi connectivity index (χ3n) is 4.11. The van der Waals surface area contributed by atoms with Gasteiger partial charge >= 0.3 is 0 Å². The highest BCUT2D eigenvalue weighted by Gasteiger charge is 2.18. The average molecular weight is 298 g/mol. The maximum atomic E-state index is 12.6. The zero-order valence-corrected chi connectivity index (χ0v) is 13.0. The zero-order chi connectivity index (χ0) is 15.4. The quantitative estimate of drug-likeness (QED) is 0.866. The van der Waals surface area contributed by atoms with E-state index in [0.29, 0.717) is 0 Å². The van der Waals surface area contributed by atoms with Gasteiger partial charge < -0.3 is 9.80 Å². The summed E-state index contributed by atoms with van der Waals surface area (Å²) in [5.41, 5.74) is 1.92. The van der Waals surface area contributed by atoms with E-state index >= 15 is 0 Å². The van der Waals surface area contributed by atoms with Gasteiger partial charge in [-0.3, -0.25) is 9.48 Å². The van der Waals surface area contributed by atoms with Gasteiger partial charge in [-0.05, 0) is 43.8 Å². The third kappa shape index (κ3) is 3.54. The molecule has 2 aromatic rings. The van der Waals surface area contributed by atoms with Crippen molar-refractivity contribution in [3.05, 3.63) is 53.9 Å². The van der Waals surface area contributed by atoms with Crippen molar-refractivity contribution in [2.45, 2.75) is 13.0 Å². The van der Waals surface area contributed by atoms with Crippen LogP contribution in [-0.4, -0.2) is 58.7 Å². The Morgan fingerprint density at radius 1 is 1.14 bits per heavy atom. The summed E-state index contributed by atoms with van der Waals surface area (Å²) >= 11 is 0. The van der Waals surface area contributed by atoms with Gasteiger partial charge in [0.25, 0.3) is 5.91 Å². The van der Waals surface area contributed by atoms with E-state index in [4.69, 9.17) is 0 Å². The maximum absolute atomic E-state index is 12.6. The number of nitrogens with zero attached hydrogens (tertiary/aromatic N) is 4. The minimum absolute atomic E-state index is 0.140. The van der Waals surface area contributed by atoms with E-state index in [0.717, 1.165) is 50.3 Å². The molecule has 2 heterocycles. The second-order valence-corrected chi connectivity index (χ2v) is 5.85. The average Bonchev–Trinajstić information content (AvgIpc) is 2.94. The minimum Gasteiger partial charge on any atom is -0.337 e. The molecule has 0 atom stereocenters. The summed E-state index contributed by atoms with van der Waals surface area (Å²) in [7, 11) is 2.11. The SMILES string of the molecule is CN1CCCN(C(=O)c2ccc(Cn3cccn3)cc2)CC1. The summed E-state index contributed by atoms with van der Waals surface area (Å²) in [4.78, 5) is 16.8. The number of carbonyl (C=O) groups is 1. The molecule has 1 aliphatic rings. The predicted molar refractivity (Wildman–Crippen MR) is 85.8 cm³/mol. The first-order valence-electron chi connectivity index (χ1n) is 7.76. The molecule has 0 saturated carbocycles. The van der Waals surface area contributed by atoms with Crippen molar-refractivity contribution in [1.82, 2.24) is 19.6 Å². The molecule has 1 fully saturated rings. The number of aromatic nitrogens is 2. The summed E-state index contributed by atoms with van der Waals surface area (Å²) in [5, 5.41) is 4.20. The van der Waals surface area contributed by atoms with Crippen molar-refractivity contribution in [2.75, 3.05) is 33.2 Å². The van der Waals surface area contributed by atoms with Crippen LogP contribution in [0.3, 0.4) is 0 Å². The number of likely N-dealkylation sites (N-methyl/N-ethyl adjacent to an activating group) is 1. The number of amides is 1. The normalized spacial score (nSPS) is 16.5. The van der Waals surface area contributed by atoms with Crippen LogP contribution in [0.1, 0.15) is 22.3 Å². The fraction of sp³-hybridized carbons (Fsp3) is 0.412. The molecule has 1 aromatic heterocycles. The molecule has 1 saturated heterocycles. The number of hydrogen-bond acceptors (Lipinski definition) is 3. The van der Waals surface area contributed by atoms with Crippen LogP contribution in [0.2, 0.25) is 0 Å². The molecule has 0 radical (unpaired) electrons. The Balaban J connectivity index is 1.65. The van der Waals surface area contributed by atoms with Crippen LogP contribution in [0, 0.1) is 0 Å². The highest BCUT2D eigenvalue weighted by Crippen LogP contribution is 2.11. The predicted octanol–water partition coefficient (Wildman–Crippen LogP) is 1.71. The fourth-order valence-electron chi connectivity index (χ4n) is 2.77. The molecule has 0 unspecified atom stereocenters. The van der Waals surface area contributed by atoms with Crippen molar-refractivity contribution in [3.8, 4) is 0 Å². The third-order valence-corrected chi connectivity index (χ3v) is 4.11. The number of rotatable bonds is 3. The van der Waals surface area contributed by atoms with Crippen molar-refractivity contribution in [2.24, 2.45) is 0 Å². The summed E-state index contributed by atoms with van der Waals surface area (Å²) in [6.45, 7) is 4.40. The van der Waals surface area contributed by atoms with E-state index < -0.39 is 0 Å². The maximum Gasteiger partial charge on any atom is 0.253 e. The van der Waals surface area contributed by atoms with Gasteiger partial charge in [0.05, 0.1) is 6.54 Å². The lowest BCUT2D eigenvalue weighted by Crippen LogP contribution is -2.34. The van der Waals surface area contributed by atoms with E-state index in [1.165, 1.54) is 0 Å². The molecule has 0 spiro atoms. The summed E-state index contributed by atoms with van der Waals surface area (Å²) < 4.78 is 1.88. The molecule has 0 N–H and O–H groups in total. The van der Waals surface area contributed by atoms with Crippen LogP contribution in [-0.2, 0) is 6.54 Å². The molecular formula is C17H22N4O. The molecule has 1 aliphatic heterocycles. The van der Waals surface area contributed by atoms with Crippen molar-refractivity contribution in [3.63, 3.8) is 0 Å². The monoisotopic (exact) mass is 298 g/mol. The van der Waals surface area contributed by atoms with Crippen LogP contribution in [0.5, 0.6) is 0 Å². The standard InChI is InChI=1S/C17H22N4O/c1-19-9-3-10-20(13-12-19)17(22)16-6-4-15(5-7-16)14-21-11-2-8-18-21/h2,4-8,11H,3,9-10,12-14H2,1H3. The first kappa shape index (κ1) is 14.8. The highest BCUT2D eigenvalue weighted by molar-refractivity contribution is 5.94. The minimum atomic E-state index is 0.140. The Morgan fingerprint density at radius 2 is 1.95 bits per heavy atom. The van der Waals surface area contributed by atoms with Gasteiger partial charge in [-0.15, -0.1) is 0 Å². The summed E-state index contributed by atoms with van der Waals surface area (Å²) in [6.07, 6.45) is 4.75. The van der Waals surface area contributed by atoms with E-state index in [9.17, 15) is 4.79 Å². The molecule has 0 aliphatic carbocycles. The van der Waals surface area contributed by atoms with Gasteiger partial charge in [-0.25, -0.2) is 0 Å². The Bertz CT molecular complexity index is 606. The Hall–Kier alpha value is -2.14. The zero-order valence-electron chi connectivity index (χ0n) is 13.0. The lowest BCUT2D eigenvalue weighted by molar-refractivity contribution is 0.0763. The molecule has 0 bridgehead atoms. The number of hydrogen-bond donors (Lipinski definition) is 0.